The number of nitrogens with one attached hydrogen (secondary N) is 2. The van der Waals surface area contributed by atoms with Gasteiger partial charge in [0.2, 0.25) is 0 Å². The van der Waals surface area contributed by atoms with Crippen molar-refractivity contribution < 1.29 is 0 Å². The van der Waals surface area contributed by atoms with E-state index >= 15 is 0 Å². The third-order valence-corrected chi connectivity index (χ3v) is 0.812. The van der Waals surface area contributed by atoms with Crippen molar-refractivity contribution in [3.63, 3.8) is 0 Å². The average molecular weight is 196 g/mol. The van der Waals surface area contributed by atoms with Gasteiger partial charge >= 0.3 is 0 Å². The summed E-state index contributed by atoms with van der Waals surface area (Å²) in [5.41, 5.74) is 0. The molecular weight excluding hydrogens is 180 g/mol. The number of nitrogens with zero attached hydrogens (tertiary/aromatic N) is 2. The minimum absolute atomic E-state index is 0.417. The largest absolute Gasteiger partial charge is 0.351 e. The summed E-state index contributed by atoms with van der Waals surface area (Å²) in [7, 11) is 0.417. The van der Waals surface area contributed by atoms with Crippen LogP contribution in [0, 0.1) is 0 Å². The lowest BCUT2D eigenvalue weighted by molar-refractivity contribution is 1.31. The van der Waals surface area contributed by atoms with Crippen LogP contribution in [0.1, 0.15) is 0 Å². The minimum atomic E-state index is 0.417. The molecule has 2 aromatic heterocycles. The highest BCUT2D eigenvalue weighted by molar-refractivity contribution is 6.31. The van der Waals surface area contributed by atoms with E-state index in [0.717, 1.165) is 0 Å². The third-order valence-electron chi connectivity index (χ3n) is 0.812. The van der Waals surface area contributed by atoms with Crippen molar-refractivity contribution in [1.29, 1.82) is 0 Å². The fraction of sp³-hybridized carbons (Fsp3) is 0.250. The second kappa shape index (κ2) is 10.6. The number of aromatic amines is 2. The fourth-order valence-corrected chi connectivity index (χ4v) is 0.430. The van der Waals surface area contributed by atoms with Crippen LogP contribution < -0.4 is 0 Å². The zero-order valence-corrected chi connectivity index (χ0v) is 9.48. The number of H-pyrrole nitrogens is 2. The molecule has 2 rings (SSSR count). The van der Waals surface area contributed by atoms with Crippen LogP contribution in [0.5, 0.6) is 0 Å². The summed E-state index contributed by atoms with van der Waals surface area (Å²) in [6.45, 7) is 4.53. The summed E-state index contributed by atoms with van der Waals surface area (Å²) < 4.78 is 0. The van der Waals surface area contributed by atoms with Gasteiger partial charge < -0.3 is 9.97 Å². The molecule has 0 aliphatic heterocycles. The molecule has 0 spiro atoms. The van der Waals surface area contributed by atoms with Crippen LogP contribution in [-0.4, -0.2) is 29.5 Å². The first-order valence-electron chi connectivity index (χ1n) is 4.27. The summed E-state index contributed by atoms with van der Waals surface area (Å²) in [6, 6.07) is 0. The highest BCUT2D eigenvalue weighted by Crippen LogP contribution is 1.63. The molecule has 0 radical (unpaired) electrons. The number of hydrogen-bond acceptors (Lipinski definition) is 2. The van der Waals surface area contributed by atoms with Gasteiger partial charge in [-0.2, -0.15) is 0 Å². The minimum Gasteiger partial charge on any atom is -0.351 e. The first-order valence-corrected chi connectivity index (χ1v) is 7.10. The van der Waals surface area contributed by atoms with Crippen molar-refractivity contribution in [3.8, 4) is 0 Å². The molecule has 2 heterocycles. The molecular formula is C8H16N4Si. The van der Waals surface area contributed by atoms with Crippen molar-refractivity contribution in [2.45, 2.75) is 13.1 Å². The summed E-state index contributed by atoms with van der Waals surface area (Å²) in [5.74, 6) is 0. The van der Waals surface area contributed by atoms with Crippen LogP contribution in [-0.2, 0) is 0 Å². The monoisotopic (exact) mass is 196 g/mol. The van der Waals surface area contributed by atoms with E-state index in [-0.39, 0.29) is 0 Å². The standard InChI is InChI=1S/2C3H4N2.C2H8Si/c2*1-2-5-3-4-1;1-3-2/h2*1-3H,(H,4,5);3H2,1-2H3. The number of imidazole rings is 2. The van der Waals surface area contributed by atoms with Gasteiger partial charge in [-0.15, -0.1) is 0 Å². The molecule has 5 heteroatoms. The molecule has 0 fully saturated rings. The van der Waals surface area contributed by atoms with Crippen molar-refractivity contribution in [1.82, 2.24) is 19.9 Å². The normalized spacial score (nSPS) is 7.54. The van der Waals surface area contributed by atoms with Crippen molar-refractivity contribution in [3.05, 3.63) is 37.4 Å². The summed E-state index contributed by atoms with van der Waals surface area (Å²) in [6.07, 6.45) is 10.2. The molecule has 0 unspecified atom stereocenters. The Morgan fingerprint density at radius 3 is 1.38 bits per heavy atom. The Morgan fingerprint density at radius 2 is 1.31 bits per heavy atom. The van der Waals surface area contributed by atoms with Crippen LogP contribution in [0.2, 0.25) is 13.1 Å². The van der Waals surface area contributed by atoms with E-state index in [1.54, 1.807) is 37.4 Å². The van der Waals surface area contributed by atoms with Gasteiger partial charge in [-0.3, -0.25) is 0 Å². The van der Waals surface area contributed by atoms with Gasteiger partial charge in [0.1, 0.15) is 0 Å². The van der Waals surface area contributed by atoms with E-state index in [1.165, 1.54) is 0 Å². The van der Waals surface area contributed by atoms with Crippen LogP contribution in [0.15, 0.2) is 37.4 Å². The van der Waals surface area contributed by atoms with Crippen molar-refractivity contribution >= 4 is 9.52 Å². The smallest absolute Gasteiger partial charge is 0.0919 e. The van der Waals surface area contributed by atoms with E-state index in [0.29, 0.717) is 9.52 Å². The molecule has 0 aromatic carbocycles. The molecule has 0 bridgehead atoms. The van der Waals surface area contributed by atoms with Gasteiger partial charge in [0.15, 0.2) is 0 Å². The number of aromatic nitrogens is 4. The van der Waals surface area contributed by atoms with Crippen molar-refractivity contribution in [2.24, 2.45) is 0 Å². The summed E-state index contributed by atoms with van der Waals surface area (Å²) >= 11 is 0. The first-order chi connectivity index (χ1) is 6.41. The molecule has 72 valence electrons. The molecule has 0 saturated heterocycles. The maximum absolute atomic E-state index is 3.67. The van der Waals surface area contributed by atoms with Crippen LogP contribution in [0.4, 0.5) is 0 Å². The molecule has 2 N–H and O–H groups in total. The molecule has 0 saturated carbocycles. The Bertz CT molecular complexity index is 168. The predicted molar refractivity (Wildman–Crippen MR) is 57.4 cm³/mol. The van der Waals surface area contributed by atoms with Gasteiger partial charge in [0.05, 0.1) is 12.7 Å². The van der Waals surface area contributed by atoms with E-state index in [1.807, 2.05) is 0 Å². The average Bonchev–Trinajstić information content (AvgIpc) is 2.85. The maximum Gasteiger partial charge on any atom is 0.0919 e. The zero-order chi connectivity index (χ0) is 9.78. The van der Waals surface area contributed by atoms with Crippen LogP contribution in [0.3, 0.4) is 0 Å². The predicted octanol–water partition coefficient (Wildman–Crippen LogP) is 1.07. The molecule has 0 aliphatic carbocycles. The van der Waals surface area contributed by atoms with Gasteiger partial charge in [-0.05, 0) is 0 Å². The highest BCUT2D eigenvalue weighted by Gasteiger charge is 1.56. The number of hydrogen-bond donors (Lipinski definition) is 2. The quantitative estimate of drug-likeness (QED) is 0.619. The Labute approximate surface area is 80.7 Å². The summed E-state index contributed by atoms with van der Waals surface area (Å²) in [4.78, 5) is 12.8. The maximum atomic E-state index is 3.67. The van der Waals surface area contributed by atoms with Crippen LogP contribution in [0.25, 0.3) is 0 Å². The van der Waals surface area contributed by atoms with Gasteiger partial charge in [0, 0.05) is 34.3 Å². The molecule has 4 nitrogen and oxygen atoms in total. The van der Waals surface area contributed by atoms with E-state index in [2.05, 4.69) is 33.0 Å². The topological polar surface area (TPSA) is 57.4 Å². The third kappa shape index (κ3) is 10.6. The lowest BCUT2D eigenvalue weighted by atomic mass is 11.0. The molecule has 13 heavy (non-hydrogen) atoms. The van der Waals surface area contributed by atoms with Gasteiger partial charge in [0.25, 0.3) is 0 Å². The second-order valence-corrected chi connectivity index (χ2v) is 3.64. The Hall–Kier alpha value is -1.36. The first kappa shape index (κ1) is 11.6. The molecule has 0 aliphatic rings. The van der Waals surface area contributed by atoms with E-state index in [4.69, 9.17) is 0 Å². The van der Waals surface area contributed by atoms with Crippen molar-refractivity contribution in [2.75, 3.05) is 0 Å². The fourth-order valence-electron chi connectivity index (χ4n) is 0.430. The second-order valence-electron chi connectivity index (χ2n) is 2.23. The van der Waals surface area contributed by atoms with Gasteiger partial charge in [-0.25, -0.2) is 9.97 Å². The highest BCUT2D eigenvalue weighted by atomic mass is 28.2. The SMILES string of the molecule is C[SiH2]C.c1c[nH]cn1.c1c[nH]cn1. The van der Waals surface area contributed by atoms with E-state index < -0.39 is 0 Å². The Morgan fingerprint density at radius 1 is 0.923 bits per heavy atom. The summed E-state index contributed by atoms with van der Waals surface area (Å²) in [5, 5.41) is 0. The number of rotatable bonds is 0. The lowest BCUT2D eigenvalue weighted by Gasteiger charge is -1.46. The lowest BCUT2D eigenvalue weighted by Crippen LogP contribution is -1.53. The van der Waals surface area contributed by atoms with Crippen LogP contribution >= 0.6 is 0 Å². The molecule has 0 amide bonds. The Kier molecular flexibility index (Phi) is 9.52. The molecule has 0 atom stereocenters. The van der Waals surface area contributed by atoms with E-state index in [9.17, 15) is 0 Å². The zero-order valence-electron chi connectivity index (χ0n) is 8.07. The van der Waals surface area contributed by atoms with Gasteiger partial charge in [-0.1, -0.05) is 13.1 Å². The Balaban J connectivity index is 0.000000174. The molecule has 2 aromatic rings.